The first kappa shape index (κ1) is 30.3. The second kappa shape index (κ2) is 18.8. The highest BCUT2D eigenvalue weighted by Crippen LogP contribution is 2.13. The standard InChI is InChI=1S/C23H47NO6S/c1-3-5-7-9-11-12-14-16-18-22(26)23(27)24-20(19-31(28,29)30)21(25)17-15-13-10-8-6-4-2/h20-22,25-26H,3-19H2,1-2H3,(H,24,27)(H,28,29,30). The van der Waals surface area contributed by atoms with E-state index in [2.05, 4.69) is 19.2 Å². The summed E-state index contributed by atoms with van der Waals surface area (Å²) in [7, 11) is -4.37. The van der Waals surface area contributed by atoms with Crippen molar-refractivity contribution >= 4 is 16.0 Å². The van der Waals surface area contributed by atoms with Gasteiger partial charge in [-0.15, -0.1) is 0 Å². The van der Waals surface area contributed by atoms with Crippen molar-refractivity contribution in [1.82, 2.24) is 5.32 Å². The Morgan fingerprint density at radius 2 is 1.16 bits per heavy atom. The summed E-state index contributed by atoms with van der Waals surface area (Å²) in [6.45, 7) is 4.32. The van der Waals surface area contributed by atoms with E-state index < -0.39 is 40.0 Å². The third-order valence-electron chi connectivity index (χ3n) is 5.67. The number of carbonyl (C=O) groups excluding carboxylic acids is 1. The van der Waals surface area contributed by atoms with Gasteiger partial charge in [0.1, 0.15) is 6.10 Å². The zero-order chi connectivity index (χ0) is 23.5. The maximum atomic E-state index is 12.3. The minimum absolute atomic E-state index is 0.299. The Morgan fingerprint density at radius 3 is 1.61 bits per heavy atom. The van der Waals surface area contributed by atoms with E-state index in [1.54, 1.807) is 0 Å². The van der Waals surface area contributed by atoms with Crippen molar-refractivity contribution in [3.05, 3.63) is 0 Å². The zero-order valence-electron chi connectivity index (χ0n) is 19.7. The summed E-state index contributed by atoms with van der Waals surface area (Å²) in [4.78, 5) is 12.3. The lowest BCUT2D eigenvalue weighted by Gasteiger charge is -2.24. The molecule has 0 aromatic rings. The smallest absolute Gasteiger partial charge is 0.266 e. The summed E-state index contributed by atoms with van der Waals surface area (Å²) in [6.07, 6.45) is 13.2. The van der Waals surface area contributed by atoms with E-state index in [-0.39, 0.29) is 0 Å². The van der Waals surface area contributed by atoms with Crippen molar-refractivity contribution in [3.63, 3.8) is 0 Å². The van der Waals surface area contributed by atoms with Gasteiger partial charge in [0.25, 0.3) is 10.1 Å². The number of aliphatic hydroxyl groups excluding tert-OH is 2. The van der Waals surface area contributed by atoms with Gasteiger partial charge in [-0.1, -0.05) is 104 Å². The van der Waals surface area contributed by atoms with E-state index in [0.717, 1.165) is 44.9 Å². The fourth-order valence-corrected chi connectivity index (χ4v) is 4.45. The number of aliphatic hydroxyl groups is 2. The summed E-state index contributed by atoms with van der Waals surface area (Å²) in [5.74, 6) is -1.46. The molecule has 0 radical (unpaired) electrons. The summed E-state index contributed by atoms with van der Waals surface area (Å²) in [6, 6.07) is -1.13. The molecule has 4 N–H and O–H groups in total. The molecule has 186 valence electrons. The largest absolute Gasteiger partial charge is 0.391 e. The van der Waals surface area contributed by atoms with Gasteiger partial charge in [0.15, 0.2) is 0 Å². The highest BCUT2D eigenvalue weighted by atomic mass is 32.2. The molecule has 0 aliphatic carbocycles. The molecule has 1 amide bonds. The second-order valence-electron chi connectivity index (χ2n) is 8.77. The molecular weight excluding hydrogens is 418 g/mol. The van der Waals surface area contributed by atoms with Gasteiger partial charge >= 0.3 is 0 Å². The van der Waals surface area contributed by atoms with E-state index in [9.17, 15) is 28.0 Å². The second-order valence-corrected chi connectivity index (χ2v) is 10.3. The third-order valence-corrected chi connectivity index (χ3v) is 6.45. The average molecular weight is 466 g/mol. The van der Waals surface area contributed by atoms with Crippen LogP contribution >= 0.6 is 0 Å². The molecule has 31 heavy (non-hydrogen) atoms. The molecule has 3 atom stereocenters. The highest BCUT2D eigenvalue weighted by molar-refractivity contribution is 7.85. The number of carbonyl (C=O) groups is 1. The van der Waals surface area contributed by atoms with Crippen LogP contribution in [0.25, 0.3) is 0 Å². The number of amides is 1. The van der Waals surface area contributed by atoms with Crippen molar-refractivity contribution in [2.24, 2.45) is 0 Å². The van der Waals surface area contributed by atoms with Crippen LogP contribution in [0.5, 0.6) is 0 Å². The van der Waals surface area contributed by atoms with Crippen LogP contribution in [-0.2, 0) is 14.9 Å². The Balaban J connectivity index is 4.33. The SMILES string of the molecule is CCCCCCCCCCC(O)C(=O)NC(CS(=O)(=O)O)C(O)CCCCCCCC. The van der Waals surface area contributed by atoms with Crippen molar-refractivity contribution < 1.29 is 28.0 Å². The summed E-state index contributed by atoms with van der Waals surface area (Å²) in [5, 5.41) is 22.9. The first-order valence-corrected chi connectivity index (χ1v) is 13.9. The lowest BCUT2D eigenvalue weighted by molar-refractivity contribution is -0.131. The fraction of sp³-hybridized carbons (Fsp3) is 0.957. The molecule has 0 aliphatic rings. The van der Waals surface area contributed by atoms with Crippen LogP contribution in [-0.4, -0.2) is 53.1 Å². The Labute approximate surface area is 190 Å². The molecule has 7 nitrogen and oxygen atoms in total. The first-order valence-electron chi connectivity index (χ1n) is 12.3. The Morgan fingerprint density at radius 1 is 0.742 bits per heavy atom. The van der Waals surface area contributed by atoms with Gasteiger partial charge in [-0.05, 0) is 12.8 Å². The van der Waals surface area contributed by atoms with Gasteiger partial charge in [-0.2, -0.15) is 8.42 Å². The van der Waals surface area contributed by atoms with Gasteiger partial charge in [-0.3, -0.25) is 9.35 Å². The Kier molecular flexibility index (Phi) is 18.4. The maximum Gasteiger partial charge on any atom is 0.266 e. The van der Waals surface area contributed by atoms with Gasteiger partial charge < -0.3 is 15.5 Å². The van der Waals surface area contributed by atoms with Crippen LogP contribution in [0.15, 0.2) is 0 Å². The quantitative estimate of drug-likeness (QED) is 0.147. The molecule has 0 rings (SSSR count). The highest BCUT2D eigenvalue weighted by Gasteiger charge is 2.28. The molecule has 0 bridgehead atoms. The van der Waals surface area contributed by atoms with E-state index in [1.165, 1.54) is 32.1 Å². The van der Waals surface area contributed by atoms with Gasteiger partial charge in [0.05, 0.1) is 17.9 Å². The third kappa shape index (κ3) is 18.6. The van der Waals surface area contributed by atoms with Crippen LogP contribution < -0.4 is 5.32 Å². The molecule has 0 saturated carbocycles. The predicted octanol–water partition coefficient (Wildman–Crippen LogP) is 4.36. The lowest BCUT2D eigenvalue weighted by atomic mass is 10.0. The van der Waals surface area contributed by atoms with Crippen molar-refractivity contribution in [3.8, 4) is 0 Å². The minimum atomic E-state index is -4.37. The number of nitrogens with one attached hydrogen (secondary N) is 1. The average Bonchev–Trinajstić information content (AvgIpc) is 2.70. The number of hydrogen-bond acceptors (Lipinski definition) is 5. The van der Waals surface area contributed by atoms with Gasteiger partial charge in [0, 0.05) is 0 Å². The van der Waals surface area contributed by atoms with Crippen LogP contribution in [0, 0.1) is 0 Å². The lowest BCUT2D eigenvalue weighted by Crippen LogP contribution is -2.50. The van der Waals surface area contributed by atoms with Gasteiger partial charge in [0.2, 0.25) is 5.91 Å². The molecule has 0 fully saturated rings. The van der Waals surface area contributed by atoms with Crippen molar-refractivity contribution in [2.75, 3.05) is 5.75 Å². The monoisotopic (exact) mass is 465 g/mol. The Hall–Kier alpha value is -0.700. The minimum Gasteiger partial charge on any atom is -0.391 e. The van der Waals surface area contributed by atoms with E-state index in [0.29, 0.717) is 25.7 Å². The number of unbranched alkanes of at least 4 members (excludes halogenated alkanes) is 12. The molecule has 0 heterocycles. The van der Waals surface area contributed by atoms with E-state index in [4.69, 9.17) is 0 Å². The van der Waals surface area contributed by atoms with Gasteiger partial charge in [-0.25, -0.2) is 0 Å². The summed E-state index contributed by atoms with van der Waals surface area (Å²) < 4.78 is 31.8. The molecule has 0 spiro atoms. The van der Waals surface area contributed by atoms with Crippen LogP contribution in [0.1, 0.15) is 117 Å². The Bertz CT molecular complexity index is 540. The normalized spacial score (nSPS) is 14.9. The van der Waals surface area contributed by atoms with E-state index >= 15 is 0 Å². The molecule has 3 unspecified atom stereocenters. The van der Waals surface area contributed by atoms with E-state index in [1.807, 2.05) is 0 Å². The first-order chi connectivity index (χ1) is 14.7. The maximum absolute atomic E-state index is 12.3. The van der Waals surface area contributed by atoms with Crippen LogP contribution in [0.3, 0.4) is 0 Å². The summed E-state index contributed by atoms with van der Waals surface area (Å²) in [5.41, 5.74) is 0. The zero-order valence-corrected chi connectivity index (χ0v) is 20.5. The van der Waals surface area contributed by atoms with Crippen molar-refractivity contribution in [2.45, 2.75) is 135 Å². The molecule has 0 aromatic heterocycles. The molecular formula is C23H47NO6S. The van der Waals surface area contributed by atoms with Crippen LogP contribution in [0.2, 0.25) is 0 Å². The van der Waals surface area contributed by atoms with Crippen molar-refractivity contribution in [1.29, 1.82) is 0 Å². The molecule has 8 heteroatoms. The van der Waals surface area contributed by atoms with Crippen LogP contribution in [0.4, 0.5) is 0 Å². The fourth-order valence-electron chi connectivity index (χ4n) is 3.69. The topological polar surface area (TPSA) is 124 Å². The molecule has 0 saturated heterocycles. The number of rotatable bonds is 21. The predicted molar refractivity (Wildman–Crippen MR) is 126 cm³/mol. The molecule has 0 aromatic carbocycles. The molecule has 0 aliphatic heterocycles. The summed E-state index contributed by atoms with van der Waals surface area (Å²) >= 11 is 0. The number of hydrogen-bond donors (Lipinski definition) is 4.